The van der Waals surface area contributed by atoms with Crippen molar-refractivity contribution in [2.75, 3.05) is 19.3 Å². The molecule has 140 valence electrons. The van der Waals surface area contributed by atoms with E-state index in [1.807, 2.05) is 27.7 Å². The molecule has 1 unspecified atom stereocenters. The summed E-state index contributed by atoms with van der Waals surface area (Å²) in [6.07, 6.45) is 2.91. The molecule has 1 aromatic heterocycles. The lowest BCUT2D eigenvalue weighted by Gasteiger charge is -2.30. The van der Waals surface area contributed by atoms with Crippen molar-refractivity contribution in [1.29, 1.82) is 0 Å². The number of nitrogens with zero attached hydrogens (tertiary/aromatic N) is 3. The summed E-state index contributed by atoms with van der Waals surface area (Å²) in [6.45, 7) is 9.42. The number of nitrogens with one attached hydrogen (secondary N) is 1. The first kappa shape index (κ1) is 19.6. The van der Waals surface area contributed by atoms with Gasteiger partial charge in [-0.05, 0) is 27.7 Å². The first-order chi connectivity index (χ1) is 11.4. The van der Waals surface area contributed by atoms with Crippen molar-refractivity contribution < 1.29 is 17.9 Å². The minimum absolute atomic E-state index is 0.0763. The maximum Gasteiger partial charge on any atom is 0.407 e. The molecule has 0 radical (unpaired) electrons. The number of hydrogen-bond acceptors (Lipinski definition) is 7. The largest absolute Gasteiger partial charge is 0.444 e. The first-order valence-corrected chi connectivity index (χ1v) is 10.1. The Labute approximate surface area is 148 Å². The van der Waals surface area contributed by atoms with Crippen LogP contribution in [0.4, 0.5) is 4.79 Å². The van der Waals surface area contributed by atoms with Crippen LogP contribution in [0.5, 0.6) is 0 Å². The first-order valence-electron chi connectivity index (χ1n) is 8.21. The summed E-state index contributed by atoms with van der Waals surface area (Å²) in [5.41, 5.74) is 1.17. The van der Waals surface area contributed by atoms with Crippen LogP contribution in [0.15, 0.2) is 11.4 Å². The summed E-state index contributed by atoms with van der Waals surface area (Å²) < 4.78 is 28.3. The van der Waals surface area contributed by atoms with Gasteiger partial charge in [0.2, 0.25) is 15.0 Å². The van der Waals surface area contributed by atoms with Crippen LogP contribution in [0.2, 0.25) is 0 Å². The Morgan fingerprint density at radius 3 is 2.72 bits per heavy atom. The molecule has 0 aliphatic carbocycles. The number of sulfone groups is 1. The minimum Gasteiger partial charge on any atom is -0.444 e. The second-order valence-electron chi connectivity index (χ2n) is 7.43. The molecule has 2 rings (SSSR count). The Bertz CT molecular complexity index is 743. The molecule has 0 spiro atoms. The Morgan fingerprint density at radius 2 is 2.12 bits per heavy atom. The smallest absolute Gasteiger partial charge is 0.407 e. The lowest BCUT2D eigenvalue weighted by atomic mass is 10.1. The zero-order valence-electron chi connectivity index (χ0n) is 15.4. The van der Waals surface area contributed by atoms with E-state index in [9.17, 15) is 13.2 Å². The third-order valence-corrected chi connectivity index (χ3v) is 4.48. The van der Waals surface area contributed by atoms with Gasteiger partial charge in [-0.15, -0.1) is 0 Å². The number of fused-ring (bicyclic) bond motifs is 1. The second kappa shape index (κ2) is 7.25. The van der Waals surface area contributed by atoms with E-state index < -0.39 is 21.5 Å². The molecular weight excluding hydrogens is 344 g/mol. The van der Waals surface area contributed by atoms with Crippen molar-refractivity contribution in [3.63, 3.8) is 0 Å². The average Bonchev–Trinajstić information content (AvgIpc) is 2.43. The maximum atomic E-state index is 11.8. The summed E-state index contributed by atoms with van der Waals surface area (Å²) in [6, 6.07) is -0.0763. The highest BCUT2D eigenvalue weighted by molar-refractivity contribution is 7.90. The predicted octanol–water partition coefficient (Wildman–Crippen LogP) is 1.15. The Balaban J connectivity index is 1.93. The van der Waals surface area contributed by atoms with E-state index in [1.165, 1.54) is 0 Å². The molecule has 0 saturated heterocycles. The third kappa shape index (κ3) is 5.93. The van der Waals surface area contributed by atoms with Gasteiger partial charge in [0.15, 0.2) is 0 Å². The molecule has 0 fully saturated rings. The molecule has 1 aliphatic heterocycles. The van der Waals surface area contributed by atoms with Crippen molar-refractivity contribution in [2.45, 2.75) is 57.5 Å². The molecule has 0 saturated carbocycles. The van der Waals surface area contributed by atoms with Crippen molar-refractivity contribution in [3.8, 4) is 0 Å². The molecule has 1 amide bonds. The molecule has 2 heterocycles. The van der Waals surface area contributed by atoms with Crippen LogP contribution in [-0.4, -0.2) is 60.4 Å². The number of carbonyl (C=O) groups excluding carboxylic acids is 1. The van der Waals surface area contributed by atoms with Crippen LogP contribution in [-0.2, 0) is 27.5 Å². The lowest BCUT2D eigenvalue weighted by Crippen LogP contribution is -2.45. The summed E-state index contributed by atoms with van der Waals surface area (Å²) in [5.74, 6) is 0. The van der Waals surface area contributed by atoms with Crippen LogP contribution in [0.25, 0.3) is 0 Å². The van der Waals surface area contributed by atoms with Crippen LogP contribution in [0.1, 0.15) is 39.0 Å². The molecule has 25 heavy (non-hydrogen) atoms. The number of amides is 1. The van der Waals surface area contributed by atoms with Gasteiger partial charge in [0, 0.05) is 50.1 Å². The number of alkyl carbamates (subject to hydrolysis) is 1. The zero-order chi connectivity index (χ0) is 18.8. The number of carbonyl (C=O) groups is 1. The highest BCUT2D eigenvalue weighted by Gasteiger charge is 2.23. The van der Waals surface area contributed by atoms with E-state index in [1.54, 1.807) is 6.20 Å². The molecule has 1 aliphatic rings. The Kier molecular flexibility index (Phi) is 5.68. The van der Waals surface area contributed by atoms with Gasteiger partial charge in [-0.1, -0.05) is 0 Å². The highest BCUT2D eigenvalue weighted by Crippen LogP contribution is 2.18. The summed E-state index contributed by atoms with van der Waals surface area (Å²) in [4.78, 5) is 22.1. The van der Waals surface area contributed by atoms with Crippen molar-refractivity contribution >= 4 is 15.9 Å². The lowest BCUT2D eigenvalue weighted by molar-refractivity contribution is 0.0495. The Hall–Kier alpha value is -1.74. The predicted molar refractivity (Wildman–Crippen MR) is 93.0 cm³/mol. The van der Waals surface area contributed by atoms with E-state index in [2.05, 4.69) is 20.2 Å². The molecular formula is C16H26N4O4S. The molecule has 1 aromatic rings. The van der Waals surface area contributed by atoms with Gasteiger partial charge >= 0.3 is 6.09 Å². The SMILES string of the molecule is CC(CN1CCc2nc(S(C)(=O)=O)ncc2C1)NC(=O)OC(C)(C)C. The molecule has 0 bridgehead atoms. The quantitative estimate of drug-likeness (QED) is 0.793. The van der Waals surface area contributed by atoms with Gasteiger partial charge in [-0.25, -0.2) is 23.2 Å². The fourth-order valence-electron chi connectivity index (χ4n) is 2.63. The zero-order valence-corrected chi connectivity index (χ0v) is 16.2. The summed E-state index contributed by atoms with van der Waals surface area (Å²) in [5, 5.41) is 2.70. The normalized spacial score (nSPS) is 16.8. The number of ether oxygens (including phenoxy) is 1. The molecule has 0 aromatic carbocycles. The second-order valence-corrected chi connectivity index (χ2v) is 9.34. The van der Waals surface area contributed by atoms with Gasteiger partial charge in [0.1, 0.15) is 5.60 Å². The van der Waals surface area contributed by atoms with Crippen LogP contribution in [0, 0.1) is 0 Å². The van der Waals surface area contributed by atoms with Crippen LogP contribution in [0.3, 0.4) is 0 Å². The molecule has 8 nitrogen and oxygen atoms in total. The molecule has 9 heteroatoms. The van der Waals surface area contributed by atoms with Gasteiger partial charge < -0.3 is 10.1 Å². The average molecular weight is 370 g/mol. The van der Waals surface area contributed by atoms with Crippen LogP contribution >= 0.6 is 0 Å². The van der Waals surface area contributed by atoms with Gasteiger partial charge in [0.05, 0.1) is 5.69 Å². The van der Waals surface area contributed by atoms with E-state index >= 15 is 0 Å². The van der Waals surface area contributed by atoms with Crippen molar-refractivity contribution in [3.05, 3.63) is 17.5 Å². The number of rotatable bonds is 4. The van der Waals surface area contributed by atoms with E-state index in [4.69, 9.17) is 4.74 Å². The van der Waals surface area contributed by atoms with Gasteiger partial charge in [-0.3, -0.25) is 4.90 Å². The number of hydrogen-bond donors (Lipinski definition) is 1. The van der Waals surface area contributed by atoms with Gasteiger partial charge in [-0.2, -0.15) is 0 Å². The maximum absolute atomic E-state index is 11.8. The molecule has 1 N–H and O–H groups in total. The monoisotopic (exact) mass is 370 g/mol. The van der Waals surface area contributed by atoms with E-state index in [-0.39, 0.29) is 11.2 Å². The van der Waals surface area contributed by atoms with E-state index in [0.29, 0.717) is 19.5 Å². The highest BCUT2D eigenvalue weighted by atomic mass is 32.2. The topological polar surface area (TPSA) is 101 Å². The molecule has 1 atom stereocenters. The fraction of sp³-hybridized carbons (Fsp3) is 0.688. The van der Waals surface area contributed by atoms with E-state index in [0.717, 1.165) is 24.1 Å². The summed E-state index contributed by atoms with van der Waals surface area (Å²) in [7, 11) is -3.39. The number of aromatic nitrogens is 2. The van der Waals surface area contributed by atoms with Gasteiger partial charge in [0.25, 0.3) is 0 Å². The standard InChI is InChI=1S/C16H26N4O4S/c1-11(18-15(21)24-16(2,3)4)9-20-7-6-13-12(10-20)8-17-14(19-13)25(5,22)23/h8,11H,6-7,9-10H2,1-5H3,(H,18,21). The Morgan fingerprint density at radius 1 is 1.44 bits per heavy atom. The minimum atomic E-state index is -3.39. The van der Waals surface area contributed by atoms with Crippen molar-refractivity contribution in [2.24, 2.45) is 0 Å². The fourth-order valence-corrected chi connectivity index (χ4v) is 3.15. The summed E-state index contributed by atoms with van der Waals surface area (Å²) >= 11 is 0. The third-order valence-electron chi connectivity index (χ3n) is 3.62. The van der Waals surface area contributed by atoms with Crippen molar-refractivity contribution in [1.82, 2.24) is 20.2 Å². The van der Waals surface area contributed by atoms with Crippen LogP contribution < -0.4 is 5.32 Å².